The molecule has 0 saturated heterocycles. The van der Waals surface area contributed by atoms with Gasteiger partial charge in [-0.15, -0.1) is 0 Å². The monoisotopic (exact) mass is 1040 g/mol. The molecule has 4 heterocycles. The summed E-state index contributed by atoms with van der Waals surface area (Å²) in [5.74, 6) is 3.41. The molecule has 0 bridgehead atoms. The number of fused-ring (bicyclic) bond motifs is 8. The van der Waals surface area contributed by atoms with E-state index >= 15 is 0 Å². The van der Waals surface area contributed by atoms with Crippen molar-refractivity contribution < 1.29 is 9.47 Å². The molecule has 0 unspecified atom stereocenters. The van der Waals surface area contributed by atoms with Gasteiger partial charge in [0, 0.05) is 40.2 Å². The normalized spacial score (nSPS) is 14.1. The Morgan fingerprint density at radius 1 is 0.312 bits per heavy atom. The molecule has 4 nitrogen and oxygen atoms in total. The predicted molar refractivity (Wildman–Crippen MR) is 343 cm³/mol. The summed E-state index contributed by atoms with van der Waals surface area (Å²) in [5, 5.41) is 0. The third-order valence-electron chi connectivity index (χ3n) is 17.8. The van der Waals surface area contributed by atoms with E-state index in [0.717, 1.165) is 67.8 Å². The first kappa shape index (κ1) is 51.7. The molecular weight excluding hydrogens is 970 g/mol. The van der Waals surface area contributed by atoms with Crippen molar-refractivity contribution in [3.63, 3.8) is 0 Å². The van der Waals surface area contributed by atoms with Gasteiger partial charge < -0.3 is 19.3 Å². The summed E-state index contributed by atoms with van der Waals surface area (Å²) in [5.41, 5.74) is 28.8. The molecule has 9 aromatic rings. The van der Waals surface area contributed by atoms with E-state index in [-0.39, 0.29) is 35.1 Å². The maximum absolute atomic E-state index is 7.53. The second-order valence-electron chi connectivity index (χ2n) is 27.8. The summed E-state index contributed by atoms with van der Waals surface area (Å²) >= 11 is 0. The molecular formula is C74H74B2N2O2. The zero-order valence-corrected chi connectivity index (χ0v) is 49.9. The van der Waals surface area contributed by atoms with Crippen molar-refractivity contribution in [2.24, 2.45) is 0 Å². The highest BCUT2D eigenvalue weighted by Crippen LogP contribution is 2.48. The van der Waals surface area contributed by atoms with Gasteiger partial charge in [0.05, 0.1) is 0 Å². The van der Waals surface area contributed by atoms with Gasteiger partial charge >= 0.3 is 0 Å². The summed E-state index contributed by atoms with van der Waals surface area (Å²) < 4.78 is 15.1. The van der Waals surface area contributed by atoms with E-state index in [9.17, 15) is 0 Å². The fourth-order valence-electron chi connectivity index (χ4n) is 13.1. The van der Waals surface area contributed by atoms with Crippen LogP contribution in [0, 0.1) is 27.7 Å². The van der Waals surface area contributed by atoms with Crippen LogP contribution in [0.25, 0.3) is 22.3 Å². The van der Waals surface area contributed by atoms with E-state index < -0.39 is 0 Å². The van der Waals surface area contributed by atoms with Crippen molar-refractivity contribution in [2.75, 3.05) is 9.80 Å². The van der Waals surface area contributed by atoms with Crippen LogP contribution in [-0.4, -0.2) is 13.4 Å². The van der Waals surface area contributed by atoms with Gasteiger partial charge in [-0.25, -0.2) is 0 Å². The van der Waals surface area contributed by atoms with Crippen LogP contribution in [-0.2, 0) is 21.7 Å². The lowest BCUT2D eigenvalue weighted by Gasteiger charge is -2.43. The highest BCUT2D eigenvalue weighted by molar-refractivity contribution is 7.02. The van der Waals surface area contributed by atoms with Crippen molar-refractivity contribution in [1.29, 1.82) is 0 Å². The predicted octanol–water partition coefficient (Wildman–Crippen LogP) is 16.3. The highest BCUT2D eigenvalue weighted by atomic mass is 16.5. The number of hydrogen-bond donors (Lipinski definition) is 0. The van der Waals surface area contributed by atoms with Gasteiger partial charge in [-0.3, -0.25) is 0 Å². The van der Waals surface area contributed by atoms with Crippen molar-refractivity contribution in [1.82, 2.24) is 0 Å². The van der Waals surface area contributed by atoms with Gasteiger partial charge in [0.1, 0.15) is 23.0 Å². The number of rotatable bonds is 4. The Balaban J connectivity index is 1.09. The summed E-state index contributed by atoms with van der Waals surface area (Å²) in [4.78, 5) is 5.02. The first-order valence-electron chi connectivity index (χ1n) is 28.9. The average molecular weight is 1050 g/mol. The maximum Gasteiger partial charge on any atom is 0.256 e. The van der Waals surface area contributed by atoms with Crippen molar-refractivity contribution in [2.45, 2.75) is 132 Å². The SMILES string of the molecule is Cc1ccc(C)c(-c2cc3c4c(c2)N(c2ccc(C(C)(C)C)cc2)c2ccc(C(C)(C)C)cc2B4c2cc4c(cc2O3)Oc2cc(-c3cc(C)ccc3C)cc3c2B4c2cc(C(C)(C)C)ccc2N3c2ccc(C(C)(C)C)cc2)c1. The van der Waals surface area contributed by atoms with Crippen molar-refractivity contribution >= 4 is 80.3 Å². The van der Waals surface area contributed by atoms with Crippen LogP contribution in [0.4, 0.5) is 34.1 Å². The number of ether oxygens (including phenoxy) is 2. The molecule has 6 heteroatoms. The Kier molecular flexibility index (Phi) is 11.6. The molecule has 0 aromatic heterocycles. The third-order valence-corrected chi connectivity index (χ3v) is 17.8. The molecule has 80 heavy (non-hydrogen) atoms. The number of aryl methyl sites for hydroxylation is 4. The molecule has 0 amide bonds. The molecule has 0 fully saturated rings. The Bertz CT molecular complexity index is 3790. The molecule has 0 radical (unpaired) electrons. The van der Waals surface area contributed by atoms with E-state index in [1.807, 2.05) is 0 Å². The lowest BCUT2D eigenvalue weighted by molar-refractivity contribution is 0.466. The van der Waals surface area contributed by atoms with Crippen LogP contribution >= 0.6 is 0 Å². The molecule has 9 aromatic carbocycles. The lowest BCUT2D eigenvalue weighted by atomic mass is 9.31. The summed E-state index contributed by atoms with van der Waals surface area (Å²) in [6.45, 7) is 36.3. The van der Waals surface area contributed by atoms with E-state index in [0.29, 0.717) is 0 Å². The Hall–Kier alpha value is -7.69. The van der Waals surface area contributed by atoms with Crippen LogP contribution in [0.15, 0.2) is 158 Å². The molecule has 0 atom stereocenters. The quantitative estimate of drug-likeness (QED) is 0.164. The average Bonchev–Trinajstić information content (AvgIpc) is 3.39. The van der Waals surface area contributed by atoms with Gasteiger partial charge in [-0.05, 0) is 198 Å². The smallest absolute Gasteiger partial charge is 0.256 e. The van der Waals surface area contributed by atoms with E-state index in [1.54, 1.807) is 0 Å². The summed E-state index contributed by atoms with van der Waals surface area (Å²) in [6.07, 6.45) is 0. The number of hydrogen-bond acceptors (Lipinski definition) is 4. The zero-order chi connectivity index (χ0) is 56.3. The standard InChI is InChI=1S/C74H74B2N2O2/c1-43-17-19-45(3)55(33-43)47-35-63-69-67(37-47)79-65-42-66-60(41-59(65)75(69)57-39-51(73(11,12)13)25-31-61(57)77(63)53-27-21-49(22-28-53)71(5,6)7)76-58-40-52(74(14,15)16)26-32-62(58)78(54-29-23-50(24-30-54)72(8,9)10)64-36-48(38-68(80-66)70(64)76)56-34-44(2)18-20-46(56)4/h17-42H,1-16H3. The minimum Gasteiger partial charge on any atom is -0.458 e. The van der Waals surface area contributed by atoms with Gasteiger partial charge in [0.2, 0.25) is 0 Å². The van der Waals surface area contributed by atoms with Gasteiger partial charge in [-0.1, -0.05) is 185 Å². The van der Waals surface area contributed by atoms with Gasteiger partial charge in [0.25, 0.3) is 13.4 Å². The number of nitrogens with zero attached hydrogens (tertiary/aromatic N) is 2. The summed E-state index contributed by atoms with van der Waals surface area (Å²) in [7, 11) is 0. The first-order valence-corrected chi connectivity index (χ1v) is 28.9. The van der Waals surface area contributed by atoms with Crippen LogP contribution in [0.3, 0.4) is 0 Å². The molecule has 0 N–H and O–H groups in total. The van der Waals surface area contributed by atoms with Crippen LogP contribution in [0.2, 0.25) is 0 Å². The van der Waals surface area contributed by atoms with E-state index in [4.69, 9.17) is 9.47 Å². The third kappa shape index (κ3) is 8.42. The van der Waals surface area contributed by atoms with E-state index in [1.165, 1.54) is 88.9 Å². The molecule has 4 aliphatic heterocycles. The maximum atomic E-state index is 7.53. The Morgan fingerprint density at radius 3 is 1.04 bits per heavy atom. The van der Waals surface area contributed by atoms with Gasteiger partial charge in [-0.2, -0.15) is 0 Å². The Labute approximate surface area is 477 Å². The van der Waals surface area contributed by atoms with E-state index in [2.05, 4.69) is 278 Å². The molecule has 0 aliphatic carbocycles. The fraction of sp³-hybridized carbons (Fsp3) is 0.270. The Morgan fingerprint density at radius 2 is 0.675 bits per heavy atom. The largest absolute Gasteiger partial charge is 0.458 e. The van der Waals surface area contributed by atoms with Crippen LogP contribution in [0.1, 0.15) is 128 Å². The number of benzene rings is 9. The molecule has 0 saturated carbocycles. The fourth-order valence-corrected chi connectivity index (χ4v) is 13.1. The summed E-state index contributed by atoms with van der Waals surface area (Å²) in [6, 6.07) is 60.8. The van der Waals surface area contributed by atoms with Crippen LogP contribution < -0.4 is 52.1 Å². The minimum atomic E-state index is -0.140. The second kappa shape index (κ2) is 17.9. The number of anilines is 6. The topological polar surface area (TPSA) is 24.9 Å². The first-order chi connectivity index (χ1) is 37.8. The molecule has 398 valence electrons. The zero-order valence-electron chi connectivity index (χ0n) is 49.9. The minimum absolute atomic E-state index is 0.0139. The second-order valence-corrected chi connectivity index (χ2v) is 27.8. The molecule has 0 spiro atoms. The molecule has 13 rings (SSSR count). The lowest BCUT2D eigenvalue weighted by Crippen LogP contribution is -2.63. The van der Waals surface area contributed by atoms with Gasteiger partial charge in [0.15, 0.2) is 0 Å². The van der Waals surface area contributed by atoms with Crippen LogP contribution in [0.5, 0.6) is 23.0 Å². The van der Waals surface area contributed by atoms with Crippen molar-refractivity contribution in [3.05, 3.63) is 202 Å². The van der Waals surface area contributed by atoms with Crippen molar-refractivity contribution in [3.8, 4) is 45.3 Å². The molecule has 4 aliphatic rings. The highest BCUT2D eigenvalue weighted by Gasteiger charge is 2.48.